The second-order valence-corrected chi connectivity index (χ2v) is 12.2. The van der Waals surface area contributed by atoms with Crippen LogP contribution in [0, 0.1) is 5.82 Å². The van der Waals surface area contributed by atoms with E-state index in [9.17, 15) is 14.0 Å². The average molecular weight is 463 g/mol. The molecule has 0 aromatic heterocycles. The van der Waals surface area contributed by atoms with Crippen LogP contribution < -0.4 is 10.6 Å². The average Bonchev–Trinajstić information content (AvgIpc) is 2.76. The zero-order valence-corrected chi connectivity index (χ0v) is 21.2. The van der Waals surface area contributed by atoms with E-state index in [0.717, 1.165) is 18.9 Å². The fourth-order valence-corrected chi connectivity index (χ4v) is 5.45. The highest BCUT2D eigenvalue weighted by Crippen LogP contribution is 2.33. The Bertz CT molecular complexity index is 923. The van der Waals surface area contributed by atoms with Gasteiger partial charge in [0.25, 0.3) is 0 Å². The predicted molar refractivity (Wildman–Crippen MR) is 126 cm³/mol. The van der Waals surface area contributed by atoms with Crippen molar-refractivity contribution >= 4 is 11.9 Å². The van der Waals surface area contributed by atoms with Crippen LogP contribution >= 0.6 is 0 Å². The predicted octanol–water partition coefficient (Wildman–Crippen LogP) is 4.76. The van der Waals surface area contributed by atoms with Gasteiger partial charge in [0.1, 0.15) is 18.0 Å². The highest BCUT2D eigenvalue weighted by atomic mass is 19.1. The molecule has 2 unspecified atom stereocenters. The van der Waals surface area contributed by atoms with E-state index in [2.05, 4.69) is 38.3 Å². The molecule has 33 heavy (non-hydrogen) atoms. The number of benzene rings is 1. The minimum atomic E-state index is -0.790. The summed E-state index contributed by atoms with van der Waals surface area (Å²) in [7, 11) is 0. The molecule has 2 saturated heterocycles. The summed E-state index contributed by atoms with van der Waals surface area (Å²) in [4.78, 5) is 25.4. The largest absolute Gasteiger partial charge is 0.459 e. The van der Waals surface area contributed by atoms with Gasteiger partial charge in [-0.3, -0.25) is 0 Å². The molecule has 184 valence electrons. The second-order valence-electron chi connectivity index (χ2n) is 12.2. The van der Waals surface area contributed by atoms with Gasteiger partial charge in [-0.25, -0.2) is 14.0 Å². The summed E-state index contributed by atoms with van der Waals surface area (Å²) in [6, 6.07) is 3.79. The zero-order valence-electron chi connectivity index (χ0n) is 21.2. The Balaban J connectivity index is 1.67. The van der Waals surface area contributed by atoms with E-state index < -0.39 is 23.3 Å². The lowest BCUT2D eigenvalue weighted by atomic mass is 9.96. The van der Waals surface area contributed by atoms with Crippen molar-refractivity contribution in [2.24, 2.45) is 0 Å². The van der Waals surface area contributed by atoms with Crippen LogP contribution in [0.3, 0.4) is 0 Å². The number of esters is 2. The number of halogens is 1. The summed E-state index contributed by atoms with van der Waals surface area (Å²) in [6.07, 6.45) is 2.22. The van der Waals surface area contributed by atoms with Gasteiger partial charge in [-0.15, -0.1) is 0 Å². The second kappa shape index (κ2) is 8.66. The molecule has 1 aromatic rings. The number of hydrogen-bond acceptors (Lipinski definition) is 6. The molecule has 2 aliphatic heterocycles. The van der Waals surface area contributed by atoms with Crippen LogP contribution in [0.1, 0.15) is 102 Å². The maximum Gasteiger partial charge on any atom is 0.341 e. The molecule has 3 rings (SSSR count). The maximum absolute atomic E-state index is 14.8. The third-order valence-electron chi connectivity index (χ3n) is 6.61. The molecule has 0 saturated carbocycles. The number of rotatable bonds is 4. The van der Waals surface area contributed by atoms with Crippen LogP contribution in [0.15, 0.2) is 18.2 Å². The molecule has 0 radical (unpaired) electrons. The third kappa shape index (κ3) is 6.33. The van der Waals surface area contributed by atoms with Gasteiger partial charge in [0.05, 0.1) is 16.7 Å². The van der Waals surface area contributed by atoms with Crippen molar-refractivity contribution in [1.29, 1.82) is 0 Å². The minimum Gasteiger partial charge on any atom is -0.459 e. The Morgan fingerprint density at radius 2 is 1.52 bits per heavy atom. The molecule has 0 spiro atoms. The summed E-state index contributed by atoms with van der Waals surface area (Å²) in [5.41, 5.74) is -0.956. The van der Waals surface area contributed by atoms with Crippen LogP contribution in [0.5, 0.6) is 0 Å². The lowest BCUT2D eigenvalue weighted by molar-refractivity contribution is 0.0163. The van der Waals surface area contributed by atoms with Crippen molar-refractivity contribution in [2.75, 3.05) is 0 Å². The first-order chi connectivity index (χ1) is 15.0. The summed E-state index contributed by atoms with van der Waals surface area (Å²) in [5.74, 6) is -2.11. The Hall–Kier alpha value is -1.99. The summed E-state index contributed by atoms with van der Waals surface area (Å²) >= 11 is 0. The Labute approximate surface area is 197 Å². The van der Waals surface area contributed by atoms with Crippen LogP contribution in [-0.2, 0) is 9.47 Å². The highest BCUT2D eigenvalue weighted by molar-refractivity contribution is 5.93. The molecule has 2 fully saturated rings. The normalized spacial score (nSPS) is 27.4. The SMILES string of the molecule is CC1(C)CCC(OC(=O)c2ccc(C(=O)OC3CC(C)(C)NC3(C)C)c(F)c2)CC(C)(C)N1. The van der Waals surface area contributed by atoms with E-state index in [1.807, 2.05) is 27.7 Å². The first-order valence-corrected chi connectivity index (χ1v) is 11.8. The highest BCUT2D eigenvalue weighted by Gasteiger charge is 2.46. The van der Waals surface area contributed by atoms with Gasteiger partial charge >= 0.3 is 11.9 Å². The molecular formula is C26H39FN2O4. The standard InChI is InChI=1S/C26H39FN2O4/c1-23(2)12-11-17(14-24(3,4)28-23)32-21(30)16-9-10-18(19(27)13-16)22(31)33-20-15-25(5,6)29-26(20,7)8/h9-10,13,17,20,28-29H,11-12,14-15H2,1-8H3. The fourth-order valence-electron chi connectivity index (χ4n) is 5.45. The van der Waals surface area contributed by atoms with E-state index in [-0.39, 0.29) is 40.0 Å². The first-order valence-electron chi connectivity index (χ1n) is 11.8. The molecule has 1 aromatic carbocycles. The molecule has 7 heteroatoms. The zero-order chi connectivity index (χ0) is 24.8. The molecule has 6 nitrogen and oxygen atoms in total. The van der Waals surface area contributed by atoms with Gasteiger partial charge in [0.15, 0.2) is 0 Å². The molecule has 0 amide bonds. The van der Waals surface area contributed by atoms with E-state index in [1.165, 1.54) is 12.1 Å². The van der Waals surface area contributed by atoms with E-state index in [4.69, 9.17) is 9.47 Å². The van der Waals surface area contributed by atoms with Crippen LogP contribution in [0.2, 0.25) is 0 Å². The molecule has 2 heterocycles. The minimum absolute atomic E-state index is 0.0581. The van der Waals surface area contributed by atoms with Gasteiger partial charge in [-0.05, 0) is 86.4 Å². The van der Waals surface area contributed by atoms with Crippen LogP contribution in [-0.4, -0.2) is 46.3 Å². The molecular weight excluding hydrogens is 423 g/mol. The Morgan fingerprint density at radius 1 is 0.879 bits per heavy atom. The first kappa shape index (κ1) is 25.6. The Kier molecular flexibility index (Phi) is 6.72. The maximum atomic E-state index is 14.8. The van der Waals surface area contributed by atoms with Crippen molar-refractivity contribution in [3.05, 3.63) is 35.1 Å². The number of carbonyl (C=O) groups excluding carboxylic acids is 2. The van der Waals surface area contributed by atoms with E-state index in [1.54, 1.807) is 0 Å². The third-order valence-corrected chi connectivity index (χ3v) is 6.61. The molecule has 2 N–H and O–H groups in total. The van der Waals surface area contributed by atoms with Gasteiger partial charge in [-0.1, -0.05) is 0 Å². The quantitative estimate of drug-likeness (QED) is 0.629. The fraction of sp³-hybridized carbons (Fsp3) is 0.692. The summed E-state index contributed by atoms with van der Waals surface area (Å²) in [6.45, 7) is 16.4. The van der Waals surface area contributed by atoms with Crippen molar-refractivity contribution in [2.45, 2.75) is 115 Å². The van der Waals surface area contributed by atoms with E-state index >= 15 is 0 Å². The van der Waals surface area contributed by atoms with Crippen molar-refractivity contribution in [3.8, 4) is 0 Å². The van der Waals surface area contributed by atoms with Crippen LogP contribution in [0.25, 0.3) is 0 Å². The van der Waals surface area contributed by atoms with Crippen molar-refractivity contribution in [3.63, 3.8) is 0 Å². The van der Waals surface area contributed by atoms with Crippen molar-refractivity contribution < 1.29 is 23.5 Å². The summed E-state index contributed by atoms with van der Waals surface area (Å²) < 4.78 is 26.2. The van der Waals surface area contributed by atoms with Gasteiger partial charge < -0.3 is 20.1 Å². The summed E-state index contributed by atoms with van der Waals surface area (Å²) in [5, 5.41) is 7.03. The molecule has 2 atom stereocenters. The molecule has 0 aliphatic carbocycles. The lowest BCUT2D eigenvalue weighted by Gasteiger charge is -2.34. The van der Waals surface area contributed by atoms with Crippen molar-refractivity contribution in [1.82, 2.24) is 10.6 Å². The van der Waals surface area contributed by atoms with Crippen LogP contribution in [0.4, 0.5) is 4.39 Å². The van der Waals surface area contributed by atoms with Gasteiger partial charge in [0.2, 0.25) is 0 Å². The van der Waals surface area contributed by atoms with Gasteiger partial charge in [0, 0.05) is 29.5 Å². The smallest absolute Gasteiger partial charge is 0.341 e. The monoisotopic (exact) mass is 462 g/mol. The number of ether oxygens (including phenoxy) is 2. The topological polar surface area (TPSA) is 76.7 Å². The Morgan fingerprint density at radius 3 is 2.09 bits per heavy atom. The lowest BCUT2D eigenvalue weighted by Crippen LogP contribution is -2.50. The molecule has 2 aliphatic rings. The number of nitrogens with one attached hydrogen (secondary N) is 2. The number of hydrogen-bond donors (Lipinski definition) is 2. The van der Waals surface area contributed by atoms with E-state index in [0.29, 0.717) is 12.8 Å². The molecule has 0 bridgehead atoms. The van der Waals surface area contributed by atoms with Gasteiger partial charge in [-0.2, -0.15) is 0 Å². The number of carbonyl (C=O) groups is 2.